The Bertz CT molecular complexity index is 340. The Balaban J connectivity index is 2.52. The molecule has 0 heterocycles. The van der Waals surface area contributed by atoms with Gasteiger partial charge in [0.15, 0.2) is 0 Å². The average Bonchev–Trinajstić information content (AvgIpc) is 2.21. The third-order valence-corrected chi connectivity index (χ3v) is 3.24. The van der Waals surface area contributed by atoms with Gasteiger partial charge in [-0.3, -0.25) is 0 Å². The molecule has 0 aliphatic rings. The zero-order valence-electron chi connectivity index (χ0n) is 9.71. The first kappa shape index (κ1) is 13.6. The minimum Gasteiger partial charge on any atom is -0.375 e. The smallest absolute Gasteiger partial charge is 0.0612 e. The molecular weight excluding hydrogens is 243 g/mol. The number of nitrogens with two attached hydrogens (primary N) is 1. The van der Waals surface area contributed by atoms with Crippen LogP contribution in [-0.4, -0.2) is 19.6 Å². The molecule has 90 valence electrons. The first-order chi connectivity index (χ1) is 7.50. The zero-order chi connectivity index (χ0) is 12.1. The number of rotatable bonds is 5. The number of hydrogen-bond acceptors (Lipinski definition) is 2. The number of hydrogen-bond donors (Lipinski definition) is 1. The van der Waals surface area contributed by atoms with E-state index in [1.165, 1.54) is 0 Å². The number of benzene rings is 1. The molecule has 0 aliphatic carbocycles. The Morgan fingerprint density at radius 3 is 2.56 bits per heavy atom. The van der Waals surface area contributed by atoms with Crippen LogP contribution in [0.1, 0.15) is 19.8 Å². The molecule has 0 bridgehead atoms. The van der Waals surface area contributed by atoms with Gasteiger partial charge in [0.2, 0.25) is 0 Å². The minimum atomic E-state index is 0.266. The molecule has 1 aromatic rings. The lowest BCUT2D eigenvalue weighted by Gasteiger charge is -2.20. The molecule has 2 N–H and O–H groups in total. The summed E-state index contributed by atoms with van der Waals surface area (Å²) in [6.45, 7) is 3.00. The van der Waals surface area contributed by atoms with Gasteiger partial charge in [-0.15, -0.1) is 0 Å². The van der Waals surface area contributed by atoms with Crippen molar-refractivity contribution in [2.45, 2.75) is 25.8 Å². The van der Waals surface area contributed by atoms with Crippen LogP contribution in [0.15, 0.2) is 18.2 Å². The largest absolute Gasteiger partial charge is 0.375 e. The molecule has 16 heavy (non-hydrogen) atoms. The van der Waals surface area contributed by atoms with E-state index in [2.05, 4.69) is 4.90 Å². The standard InChI is InChI=1S/C12H18Cl2N2/c1-9(15)4-3-7-16(2)10-5-6-11(13)12(14)8-10/h5-6,8-9H,3-4,7,15H2,1-2H3. The lowest BCUT2D eigenvalue weighted by molar-refractivity contribution is 0.621. The predicted octanol–water partition coefficient (Wildman–Crippen LogP) is 3.56. The van der Waals surface area contributed by atoms with Crippen molar-refractivity contribution in [2.75, 3.05) is 18.5 Å². The fourth-order valence-corrected chi connectivity index (χ4v) is 1.79. The summed E-state index contributed by atoms with van der Waals surface area (Å²) in [5.74, 6) is 0. The minimum absolute atomic E-state index is 0.266. The maximum absolute atomic E-state index is 5.96. The second-order valence-corrected chi connectivity index (χ2v) is 4.95. The van der Waals surface area contributed by atoms with Gasteiger partial charge in [0.1, 0.15) is 0 Å². The molecule has 0 spiro atoms. The van der Waals surface area contributed by atoms with Crippen LogP contribution in [0, 0.1) is 0 Å². The second kappa shape index (κ2) is 6.33. The lowest BCUT2D eigenvalue weighted by Crippen LogP contribution is -2.22. The van der Waals surface area contributed by atoms with E-state index in [9.17, 15) is 0 Å². The van der Waals surface area contributed by atoms with Crippen molar-refractivity contribution in [1.29, 1.82) is 0 Å². The molecule has 4 heteroatoms. The molecule has 0 radical (unpaired) electrons. The molecule has 0 saturated heterocycles. The molecule has 2 nitrogen and oxygen atoms in total. The molecule has 0 aromatic heterocycles. The van der Waals surface area contributed by atoms with Crippen LogP contribution in [0.25, 0.3) is 0 Å². The van der Waals surface area contributed by atoms with Crippen LogP contribution in [0.2, 0.25) is 10.0 Å². The maximum atomic E-state index is 5.96. The Kier molecular flexibility index (Phi) is 5.39. The van der Waals surface area contributed by atoms with E-state index in [0.29, 0.717) is 10.0 Å². The van der Waals surface area contributed by atoms with Gasteiger partial charge in [-0.2, -0.15) is 0 Å². The van der Waals surface area contributed by atoms with Crippen LogP contribution >= 0.6 is 23.2 Å². The lowest BCUT2D eigenvalue weighted by atomic mass is 10.2. The van der Waals surface area contributed by atoms with Gasteiger partial charge < -0.3 is 10.6 Å². The highest BCUT2D eigenvalue weighted by Gasteiger charge is 2.04. The normalized spacial score (nSPS) is 12.6. The Morgan fingerprint density at radius 1 is 1.31 bits per heavy atom. The molecule has 0 fully saturated rings. The highest BCUT2D eigenvalue weighted by Crippen LogP contribution is 2.26. The van der Waals surface area contributed by atoms with E-state index in [0.717, 1.165) is 25.1 Å². The maximum Gasteiger partial charge on any atom is 0.0612 e. The molecular formula is C12H18Cl2N2. The predicted molar refractivity (Wildman–Crippen MR) is 72.6 cm³/mol. The number of anilines is 1. The van der Waals surface area contributed by atoms with Crippen molar-refractivity contribution in [3.05, 3.63) is 28.2 Å². The molecule has 1 aromatic carbocycles. The molecule has 0 aliphatic heterocycles. The zero-order valence-corrected chi connectivity index (χ0v) is 11.2. The number of halogens is 2. The molecule has 1 atom stereocenters. The van der Waals surface area contributed by atoms with Crippen molar-refractivity contribution in [3.8, 4) is 0 Å². The van der Waals surface area contributed by atoms with Gasteiger partial charge >= 0.3 is 0 Å². The van der Waals surface area contributed by atoms with Gasteiger partial charge in [0, 0.05) is 25.3 Å². The van der Waals surface area contributed by atoms with Crippen molar-refractivity contribution >= 4 is 28.9 Å². The average molecular weight is 261 g/mol. The number of nitrogens with zero attached hydrogens (tertiary/aromatic N) is 1. The summed E-state index contributed by atoms with van der Waals surface area (Å²) < 4.78 is 0. The SMILES string of the molecule is CC(N)CCCN(C)c1ccc(Cl)c(Cl)c1. The van der Waals surface area contributed by atoms with Gasteiger partial charge in [0.05, 0.1) is 10.0 Å². The highest BCUT2D eigenvalue weighted by atomic mass is 35.5. The third-order valence-electron chi connectivity index (χ3n) is 2.50. The van der Waals surface area contributed by atoms with Crippen LogP contribution in [0.5, 0.6) is 0 Å². The van der Waals surface area contributed by atoms with E-state index in [4.69, 9.17) is 28.9 Å². The quantitative estimate of drug-likeness (QED) is 0.878. The summed E-state index contributed by atoms with van der Waals surface area (Å²) in [4.78, 5) is 2.16. The van der Waals surface area contributed by atoms with Crippen LogP contribution in [0.3, 0.4) is 0 Å². The van der Waals surface area contributed by atoms with Crippen LogP contribution < -0.4 is 10.6 Å². The van der Waals surface area contributed by atoms with Crippen molar-refractivity contribution in [1.82, 2.24) is 0 Å². The third kappa shape index (κ3) is 4.20. The van der Waals surface area contributed by atoms with E-state index < -0.39 is 0 Å². The van der Waals surface area contributed by atoms with E-state index in [1.54, 1.807) is 0 Å². The van der Waals surface area contributed by atoms with Gasteiger partial charge in [-0.1, -0.05) is 23.2 Å². The van der Waals surface area contributed by atoms with E-state index in [1.807, 2.05) is 32.2 Å². The topological polar surface area (TPSA) is 29.3 Å². The monoisotopic (exact) mass is 260 g/mol. The Morgan fingerprint density at radius 2 is 2.00 bits per heavy atom. The fraction of sp³-hybridized carbons (Fsp3) is 0.500. The van der Waals surface area contributed by atoms with Gasteiger partial charge in [0.25, 0.3) is 0 Å². The summed E-state index contributed by atoms with van der Waals surface area (Å²) in [7, 11) is 2.04. The van der Waals surface area contributed by atoms with E-state index >= 15 is 0 Å². The Labute approximate surface area is 107 Å². The Hall–Kier alpha value is -0.440. The van der Waals surface area contributed by atoms with Crippen molar-refractivity contribution in [3.63, 3.8) is 0 Å². The summed E-state index contributed by atoms with van der Waals surface area (Å²) in [5, 5.41) is 1.19. The van der Waals surface area contributed by atoms with Crippen molar-refractivity contribution < 1.29 is 0 Å². The fourth-order valence-electron chi connectivity index (χ4n) is 1.50. The van der Waals surface area contributed by atoms with Crippen LogP contribution in [0.4, 0.5) is 5.69 Å². The van der Waals surface area contributed by atoms with Gasteiger partial charge in [-0.05, 0) is 38.0 Å². The first-order valence-corrected chi connectivity index (χ1v) is 6.18. The van der Waals surface area contributed by atoms with Crippen molar-refractivity contribution in [2.24, 2.45) is 5.73 Å². The first-order valence-electron chi connectivity index (χ1n) is 5.42. The van der Waals surface area contributed by atoms with Crippen LogP contribution in [-0.2, 0) is 0 Å². The summed E-state index contributed by atoms with van der Waals surface area (Å²) in [6, 6.07) is 5.94. The molecule has 1 rings (SSSR count). The summed E-state index contributed by atoms with van der Waals surface area (Å²) in [6.07, 6.45) is 2.11. The van der Waals surface area contributed by atoms with Gasteiger partial charge in [-0.25, -0.2) is 0 Å². The highest BCUT2D eigenvalue weighted by molar-refractivity contribution is 6.42. The molecule has 1 unspecified atom stereocenters. The molecule has 0 saturated carbocycles. The van der Waals surface area contributed by atoms with E-state index in [-0.39, 0.29) is 6.04 Å². The molecule has 0 amide bonds. The summed E-state index contributed by atoms with van der Waals surface area (Å²) >= 11 is 11.8. The second-order valence-electron chi connectivity index (χ2n) is 4.14. The summed E-state index contributed by atoms with van der Waals surface area (Å²) in [5.41, 5.74) is 6.79.